The fourth-order valence-corrected chi connectivity index (χ4v) is 5.39. The largest absolute Gasteiger partial charge is 0.329 e. The molecular formula is C24H31N3O2S. The maximum absolute atomic E-state index is 13.3. The predicted molar refractivity (Wildman–Crippen MR) is 121 cm³/mol. The third kappa shape index (κ3) is 4.65. The SMILES string of the molecule is Cc1ccc(S(=O)(=O)N(Cc2nccn2Cc2c(C)cc(C)cc2C)C(C)C)cc1. The molecule has 0 saturated heterocycles. The van der Waals surface area contributed by atoms with Crippen molar-refractivity contribution in [3.63, 3.8) is 0 Å². The number of aryl methyl sites for hydroxylation is 4. The summed E-state index contributed by atoms with van der Waals surface area (Å²) >= 11 is 0. The van der Waals surface area contributed by atoms with Crippen LogP contribution in [0.1, 0.15) is 47.5 Å². The van der Waals surface area contributed by atoms with E-state index in [1.54, 1.807) is 18.3 Å². The maximum atomic E-state index is 13.3. The number of imidazole rings is 1. The number of benzene rings is 2. The first kappa shape index (κ1) is 22.2. The molecule has 0 bridgehead atoms. The molecule has 0 N–H and O–H groups in total. The van der Waals surface area contributed by atoms with E-state index in [1.165, 1.54) is 26.6 Å². The molecule has 0 aliphatic rings. The van der Waals surface area contributed by atoms with Gasteiger partial charge in [0.15, 0.2) is 0 Å². The maximum Gasteiger partial charge on any atom is 0.243 e. The topological polar surface area (TPSA) is 55.2 Å². The van der Waals surface area contributed by atoms with Crippen molar-refractivity contribution in [1.82, 2.24) is 13.9 Å². The number of hydrogen-bond donors (Lipinski definition) is 0. The smallest absolute Gasteiger partial charge is 0.243 e. The van der Waals surface area contributed by atoms with Gasteiger partial charge in [0, 0.05) is 25.0 Å². The van der Waals surface area contributed by atoms with Gasteiger partial charge in [-0.25, -0.2) is 13.4 Å². The van der Waals surface area contributed by atoms with Crippen LogP contribution in [0.4, 0.5) is 0 Å². The van der Waals surface area contributed by atoms with Gasteiger partial charge in [0.1, 0.15) is 5.82 Å². The van der Waals surface area contributed by atoms with E-state index < -0.39 is 10.0 Å². The Morgan fingerprint density at radius 1 is 0.967 bits per heavy atom. The van der Waals surface area contributed by atoms with Crippen molar-refractivity contribution in [1.29, 1.82) is 0 Å². The number of nitrogens with zero attached hydrogens (tertiary/aromatic N) is 3. The second kappa shape index (κ2) is 8.74. The Kier molecular flexibility index (Phi) is 6.48. The number of hydrogen-bond acceptors (Lipinski definition) is 3. The van der Waals surface area contributed by atoms with Crippen molar-refractivity contribution >= 4 is 10.0 Å². The number of aromatic nitrogens is 2. The highest BCUT2D eigenvalue weighted by molar-refractivity contribution is 7.89. The normalized spacial score (nSPS) is 12.1. The van der Waals surface area contributed by atoms with Gasteiger partial charge in [-0.1, -0.05) is 35.4 Å². The van der Waals surface area contributed by atoms with Crippen molar-refractivity contribution in [2.24, 2.45) is 0 Å². The zero-order chi connectivity index (χ0) is 22.1. The van der Waals surface area contributed by atoms with E-state index in [-0.39, 0.29) is 12.6 Å². The van der Waals surface area contributed by atoms with Crippen LogP contribution in [-0.2, 0) is 23.1 Å². The first-order chi connectivity index (χ1) is 14.1. The first-order valence-electron chi connectivity index (χ1n) is 10.2. The number of sulfonamides is 1. The summed E-state index contributed by atoms with van der Waals surface area (Å²) in [5.41, 5.74) is 6.00. The second-order valence-electron chi connectivity index (χ2n) is 8.31. The van der Waals surface area contributed by atoms with E-state index in [0.29, 0.717) is 11.4 Å². The average molecular weight is 426 g/mol. The summed E-state index contributed by atoms with van der Waals surface area (Å²) in [6, 6.07) is 11.2. The lowest BCUT2D eigenvalue weighted by molar-refractivity contribution is 0.336. The van der Waals surface area contributed by atoms with Crippen molar-refractivity contribution in [2.45, 2.75) is 65.6 Å². The van der Waals surface area contributed by atoms with Crippen LogP contribution in [0.2, 0.25) is 0 Å². The van der Waals surface area contributed by atoms with E-state index in [0.717, 1.165) is 11.4 Å². The first-order valence-corrected chi connectivity index (χ1v) is 11.7. The molecule has 0 amide bonds. The highest BCUT2D eigenvalue weighted by Crippen LogP contribution is 2.23. The van der Waals surface area contributed by atoms with Gasteiger partial charge in [-0.15, -0.1) is 0 Å². The molecule has 5 nitrogen and oxygen atoms in total. The van der Waals surface area contributed by atoms with Crippen molar-refractivity contribution in [2.75, 3.05) is 0 Å². The number of rotatable bonds is 7. The van der Waals surface area contributed by atoms with Crippen LogP contribution in [-0.4, -0.2) is 28.3 Å². The van der Waals surface area contributed by atoms with E-state index >= 15 is 0 Å². The molecule has 0 spiro atoms. The summed E-state index contributed by atoms with van der Waals surface area (Å²) in [5.74, 6) is 0.735. The molecule has 3 aromatic rings. The predicted octanol–water partition coefficient (Wildman–Crippen LogP) is 4.76. The molecule has 0 aliphatic heterocycles. The van der Waals surface area contributed by atoms with E-state index in [4.69, 9.17) is 0 Å². The molecule has 3 rings (SSSR count). The monoisotopic (exact) mass is 425 g/mol. The molecule has 0 saturated carbocycles. The van der Waals surface area contributed by atoms with Gasteiger partial charge >= 0.3 is 0 Å². The Bertz CT molecular complexity index is 1110. The molecule has 0 unspecified atom stereocenters. The zero-order valence-electron chi connectivity index (χ0n) is 18.7. The molecule has 0 radical (unpaired) electrons. The Balaban J connectivity index is 1.92. The summed E-state index contributed by atoms with van der Waals surface area (Å²) in [6.45, 7) is 13.0. The van der Waals surface area contributed by atoms with Gasteiger partial charge in [-0.2, -0.15) is 4.31 Å². The third-order valence-corrected chi connectivity index (χ3v) is 7.51. The molecule has 1 heterocycles. The summed E-state index contributed by atoms with van der Waals surface area (Å²) in [5, 5.41) is 0. The molecule has 6 heteroatoms. The Morgan fingerprint density at radius 3 is 2.13 bits per heavy atom. The third-order valence-electron chi connectivity index (χ3n) is 5.47. The van der Waals surface area contributed by atoms with Gasteiger partial charge in [0.2, 0.25) is 10.0 Å². The minimum atomic E-state index is -3.62. The standard InChI is InChI=1S/C24H31N3O2S/c1-17(2)27(30(28,29)22-9-7-18(3)8-10-22)16-24-25-11-12-26(24)15-23-20(5)13-19(4)14-21(23)6/h7-14,17H,15-16H2,1-6H3. The van der Waals surface area contributed by atoms with Crippen molar-refractivity contribution in [3.8, 4) is 0 Å². The molecule has 0 atom stereocenters. The Hall–Kier alpha value is -2.44. The van der Waals surface area contributed by atoms with Gasteiger partial charge in [0.05, 0.1) is 11.4 Å². The minimum Gasteiger partial charge on any atom is -0.329 e. The lowest BCUT2D eigenvalue weighted by atomic mass is 10.00. The minimum absolute atomic E-state index is 0.190. The highest BCUT2D eigenvalue weighted by atomic mass is 32.2. The molecule has 1 aromatic heterocycles. The lowest BCUT2D eigenvalue weighted by Crippen LogP contribution is -2.37. The second-order valence-corrected chi connectivity index (χ2v) is 10.2. The van der Waals surface area contributed by atoms with Gasteiger partial charge in [-0.05, 0) is 70.4 Å². The van der Waals surface area contributed by atoms with Crippen LogP contribution < -0.4 is 0 Å². The fraction of sp³-hybridized carbons (Fsp3) is 0.375. The van der Waals surface area contributed by atoms with Crippen LogP contribution in [0.25, 0.3) is 0 Å². The van der Waals surface area contributed by atoms with Crippen molar-refractivity contribution in [3.05, 3.63) is 82.4 Å². The molecule has 30 heavy (non-hydrogen) atoms. The fourth-order valence-electron chi connectivity index (χ4n) is 3.80. The molecule has 0 fully saturated rings. The van der Waals surface area contributed by atoms with Gasteiger partial charge in [-0.3, -0.25) is 0 Å². The van der Waals surface area contributed by atoms with Crippen molar-refractivity contribution < 1.29 is 8.42 Å². The average Bonchev–Trinajstić information content (AvgIpc) is 3.09. The van der Waals surface area contributed by atoms with Gasteiger partial charge in [0.25, 0.3) is 0 Å². The van der Waals surface area contributed by atoms with Crippen LogP contribution in [0, 0.1) is 27.7 Å². The molecule has 2 aromatic carbocycles. The summed E-state index contributed by atoms with van der Waals surface area (Å²) < 4.78 is 30.2. The van der Waals surface area contributed by atoms with Gasteiger partial charge < -0.3 is 4.57 Å². The van der Waals surface area contributed by atoms with E-state index in [9.17, 15) is 8.42 Å². The highest BCUT2D eigenvalue weighted by Gasteiger charge is 2.28. The summed E-state index contributed by atoms with van der Waals surface area (Å²) in [6.07, 6.45) is 3.66. The van der Waals surface area contributed by atoms with Crippen LogP contribution in [0.3, 0.4) is 0 Å². The van der Waals surface area contributed by atoms with Crippen LogP contribution in [0.15, 0.2) is 53.7 Å². The quantitative estimate of drug-likeness (QED) is 0.548. The van der Waals surface area contributed by atoms with E-state index in [2.05, 4.69) is 37.9 Å². The molecular weight excluding hydrogens is 394 g/mol. The molecule has 160 valence electrons. The lowest BCUT2D eigenvalue weighted by Gasteiger charge is -2.26. The molecule has 0 aliphatic carbocycles. The van der Waals surface area contributed by atoms with Crippen LogP contribution >= 0.6 is 0 Å². The summed E-state index contributed by atoms with van der Waals surface area (Å²) in [4.78, 5) is 4.80. The van der Waals surface area contributed by atoms with E-state index in [1.807, 2.05) is 43.7 Å². The van der Waals surface area contributed by atoms with Crippen LogP contribution in [0.5, 0.6) is 0 Å². The summed E-state index contributed by atoms with van der Waals surface area (Å²) in [7, 11) is -3.62. The Morgan fingerprint density at radius 2 is 1.57 bits per heavy atom. The Labute approximate surface area is 180 Å². The zero-order valence-corrected chi connectivity index (χ0v) is 19.5.